The minimum Gasteiger partial charge on any atom is -0.497 e. The summed E-state index contributed by atoms with van der Waals surface area (Å²) in [6.45, 7) is 1.78. The number of carbonyl (C=O) groups excluding carboxylic acids is 1. The Balaban J connectivity index is 2.10. The van der Waals surface area contributed by atoms with Crippen molar-refractivity contribution in [3.8, 4) is 17.0 Å². The molecule has 1 heterocycles. The molecule has 1 unspecified atom stereocenters. The number of amides is 1. The molecule has 0 aliphatic rings. The molecule has 1 amide bonds. The molecule has 1 N–H and O–H groups in total. The number of nitrogens with one attached hydrogen (secondary N) is 1. The average Bonchev–Trinajstić information content (AvgIpc) is 2.94. The first kappa shape index (κ1) is 14.8. The summed E-state index contributed by atoms with van der Waals surface area (Å²) in [4.78, 5) is 16.1. The third-order valence-electron chi connectivity index (χ3n) is 2.80. The van der Waals surface area contributed by atoms with Crippen molar-refractivity contribution in [2.75, 3.05) is 18.3 Å². The number of rotatable bonds is 5. The van der Waals surface area contributed by atoms with Crippen LogP contribution in [0, 0.1) is 5.92 Å². The van der Waals surface area contributed by atoms with Crippen LogP contribution in [0.15, 0.2) is 29.6 Å². The smallest absolute Gasteiger partial charge is 0.230 e. The van der Waals surface area contributed by atoms with E-state index in [-0.39, 0.29) is 11.8 Å². The zero-order valence-electron chi connectivity index (χ0n) is 11.2. The molecule has 20 heavy (non-hydrogen) atoms. The zero-order valence-corrected chi connectivity index (χ0v) is 12.8. The van der Waals surface area contributed by atoms with Gasteiger partial charge in [-0.15, -0.1) is 22.9 Å². The van der Waals surface area contributed by atoms with Crippen LogP contribution in [0.2, 0.25) is 0 Å². The van der Waals surface area contributed by atoms with Gasteiger partial charge in [0.2, 0.25) is 5.91 Å². The summed E-state index contributed by atoms with van der Waals surface area (Å²) >= 11 is 7.05. The number of hydrogen-bond donors (Lipinski definition) is 1. The number of carbonyl (C=O) groups is 1. The number of halogens is 1. The summed E-state index contributed by atoms with van der Waals surface area (Å²) in [6.07, 6.45) is 0. The van der Waals surface area contributed by atoms with Crippen LogP contribution in [-0.2, 0) is 4.79 Å². The highest BCUT2D eigenvalue weighted by Gasteiger charge is 2.13. The van der Waals surface area contributed by atoms with Crippen molar-refractivity contribution in [1.82, 2.24) is 4.98 Å². The maximum absolute atomic E-state index is 11.7. The van der Waals surface area contributed by atoms with Crippen LogP contribution >= 0.6 is 22.9 Å². The molecular weight excluding hydrogens is 296 g/mol. The Morgan fingerprint density at radius 1 is 1.45 bits per heavy atom. The van der Waals surface area contributed by atoms with Gasteiger partial charge in [-0.1, -0.05) is 6.92 Å². The fourth-order valence-corrected chi connectivity index (χ4v) is 2.39. The van der Waals surface area contributed by atoms with E-state index in [4.69, 9.17) is 16.3 Å². The summed E-state index contributed by atoms with van der Waals surface area (Å²) in [5.41, 5.74) is 1.81. The van der Waals surface area contributed by atoms with Gasteiger partial charge in [0.05, 0.1) is 12.8 Å². The van der Waals surface area contributed by atoms with E-state index in [2.05, 4.69) is 10.3 Å². The van der Waals surface area contributed by atoms with Gasteiger partial charge in [-0.3, -0.25) is 4.79 Å². The van der Waals surface area contributed by atoms with Gasteiger partial charge in [-0.2, -0.15) is 0 Å². The number of thiazole rings is 1. The molecule has 0 saturated heterocycles. The van der Waals surface area contributed by atoms with Crippen LogP contribution in [0.4, 0.5) is 5.13 Å². The van der Waals surface area contributed by atoms with Gasteiger partial charge in [-0.05, 0) is 24.3 Å². The van der Waals surface area contributed by atoms with E-state index in [9.17, 15) is 4.79 Å². The SMILES string of the molecule is COc1ccc(-c2csc(NC(=O)C(C)CCl)n2)cc1. The van der Waals surface area contributed by atoms with Crippen LogP contribution in [0.5, 0.6) is 5.75 Å². The Bertz CT molecular complexity index is 583. The molecule has 0 aliphatic carbocycles. The van der Waals surface area contributed by atoms with E-state index in [0.29, 0.717) is 11.0 Å². The third-order valence-corrected chi connectivity index (χ3v) is 4.02. The summed E-state index contributed by atoms with van der Waals surface area (Å²) < 4.78 is 5.11. The summed E-state index contributed by atoms with van der Waals surface area (Å²) in [6, 6.07) is 7.62. The Kier molecular flexibility index (Phi) is 4.98. The number of aromatic nitrogens is 1. The molecule has 0 bridgehead atoms. The van der Waals surface area contributed by atoms with Gasteiger partial charge in [0.25, 0.3) is 0 Å². The van der Waals surface area contributed by atoms with Crippen molar-refractivity contribution >= 4 is 34.0 Å². The second-order valence-electron chi connectivity index (χ2n) is 4.31. The Hall–Kier alpha value is -1.59. The quantitative estimate of drug-likeness (QED) is 0.858. The van der Waals surface area contributed by atoms with E-state index < -0.39 is 0 Å². The second-order valence-corrected chi connectivity index (χ2v) is 5.48. The van der Waals surface area contributed by atoms with Gasteiger partial charge < -0.3 is 10.1 Å². The predicted molar refractivity (Wildman–Crippen MR) is 82.6 cm³/mol. The van der Waals surface area contributed by atoms with Crippen LogP contribution in [-0.4, -0.2) is 23.9 Å². The molecule has 4 nitrogen and oxygen atoms in total. The van der Waals surface area contributed by atoms with Gasteiger partial charge in [0, 0.05) is 22.7 Å². The summed E-state index contributed by atoms with van der Waals surface area (Å²) in [7, 11) is 1.63. The van der Waals surface area contributed by atoms with Crippen molar-refractivity contribution in [3.05, 3.63) is 29.6 Å². The van der Waals surface area contributed by atoms with E-state index in [1.807, 2.05) is 29.6 Å². The predicted octanol–water partition coefficient (Wildman–Crippen LogP) is 3.63. The number of hydrogen-bond acceptors (Lipinski definition) is 4. The Morgan fingerprint density at radius 2 is 2.15 bits per heavy atom. The second kappa shape index (κ2) is 6.72. The van der Waals surface area contributed by atoms with Crippen LogP contribution in [0.1, 0.15) is 6.92 Å². The molecule has 0 fully saturated rings. The minimum absolute atomic E-state index is 0.115. The van der Waals surface area contributed by atoms with Crippen LogP contribution in [0.3, 0.4) is 0 Å². The van der Waals surface area contributed by atoms with E-state index in [1.54, 1.807) is 14.0 Å². The Morgan fingerprint density at radius 3 is 2.75 bits per heavy atom. The van der Waals surface area contributed by atoms with Crippen LogP contribution in [0.25, 0.3) is 11.3 Å². The van der Waals surface area contributed by atoms with Gasteiger partial charge >= 0.3 is 0 Å². The lowest BCUT2D eigenvalue weighted by molar-refractivity contribution is -0.118. The number of alkyl halides is 1. The molecule has 1 aromatic heterocycles. The largest absolute Gasteiger partial charge is 0.497 e. The first-order valence-corrected chi connectivity index (χ1v) is 7.52. The zero-order chi connectivity index (χ0) is 14.5. The normalized spacial score (nSPS) is 11.9. The first-order chi connectivity index (χ1) is 9.63. The number of methoxy groups -OCH3 is 1. The molecule has 0 radical (unpaired) electrons. The maximum Gasteiger partial charge on any atom is 0.230 e. The van der Waals surface area contributed by atoms with E-state index in [0.717, 1.165) is 17.0 Å². The standard InChI is InChI=1S/C14H15ClN2O2S/c1-9(7-15)13(18)17-14-16-12(8-20-14)10-3-5-11(19-2)6-4-10/h3-6,8-9H,7H2,1-2H3,(H,16,17,18). The van der Waals surface area contributed by atoms with Crippen molar-refractivity contribution in [3.63, 3.8) is 0 Å². The highest BCUT2D eigenvalue weighted by atomic mass is 35.5. The van der Waals surface area contributed by atoms with Crippen molar-refractivity contribution < 1.29 is 9.53 Å². The lowest BCUT2D eigenvalue weighted by atomic mass is 10.2. The van der Waals surface area contributed by atoms with Crippen molar-refractivity contribution in [2.24, 2.45) is 5.92 Å². The highest BCUT2D eigenvalue weighted by molar-refractivity contribution is 7.14. The molecule has 0 saturated carbocycles. The summed E-state index contributed by atoms with van der Waals surface area (Å²) in [5.74, 6) is 0.747. The van der Waals surface area contributed by atoms with Gasteiger partial charge in [0.15, 0.2) is 5.13 Å². The summed E-state index contributed by atoms with van der Waals surface area (Å²) in [5, 5.41) is 5.25. The molecule has 2 aromatic rings. The molecular formula is C14H15ClN2O2S. The van der Waals surface area contributed by atoms with Crippen molar-refractivity contribution in [2.45, 2.75) is 6.92 Å². The van der Waals surface area contributed by atoms with Gasteiger partial charge in [0.1, 0.15) is 5.75 Å². The lowest BCUT2D eigenvalue weighted by Gasteiger charge is -2.05. The first-order valence-electron chi connectivity index (χ1n) is 6.11. The van der Waals surface area contributed by atoms with Crippen LogP contribution < -0.4 is 10.1 Å². The molecule has 6 heteroatoms. The molecule has 106 valence electrons. The maximum atomic E-state index is 11.7. The van der Waals surface area contributed by atoms with Crippen molar-refractivity contribution in [1.29, 1.82) is 0 Å². The third kappa shape index (κ3) is 3.49. The Labute approximate surface area is 126 Å². The fourth-order valence-electron chi connectivity index (χ4n) is 1.52. The number of benzene rings is 1. The van der Waals surface area contributed by atoms with E-state index in [1.165, 1.54) is 11.3 Å². The molecule has 0 aliphatic heterocycles. The monoisotopic (exact) mass is 310 g/mol. The lowest BCUT2D eigenvalue weighted by Crippen LogP contribution is -2.21. The topological polar surface area (TPSA) is 51.2 Å². The minimum atomic E-state index is -0.231. The molecule has 1 atom stereocenters. The van der Waals surface area contributed by atoms with Gasteiger partial charge in [-0.25, -0.2) is 4.98 Å². The molecule has 0 spiro atoms. The van der Waals surface area contributed by atoms with E-state index >= 15 is 0 Å². The molecule has 2 rings (SSSR count). The molecule has 1 aromatic carbocycles. The number of nitrogens with zero attached hydrogens (tertiary/aromatic N) is 1. The fraction of sp³-hybridized carbons (Fsp3) is 0.286. The average molecular weight is 311 g/mol. The number of ether oxygens (including phenoxy) is 1. The highest BCUT2D eigenvalue weighted by Crippen LogP contribution is 2.26. The number of anilines is 1.